The van der Waals surface area contributed by atoms with Crippen molar-refractivity contribution in [2.45, 2.75) is 30.1 Å². The average Bonchev–Trinajstić information content (AvgIpc) is 3.25. The summed E-state index contributed by atoms with van der Waals surface area (Å²) in [5.74, 6) is 0.520. The molecule has 1 aliphatic rings. The number of anilines is 1. The molecular formula is C14H12ClF3N4OS. The summed E-state index contributed by atoms with van der Waals surface area (Å²) in [4.78, 5) is 16.1. The fraction of sp³-hybridized carbons (Fsp3) is 0.357. The quantitative estimate of drug-likeness (QED) is 0.771. The number of hydrogen-bond donors (Lipinski definition) is 2. The summed E-state index contributed by atoms with van der Waals surface area (Å²) in [6.07, 6.45) is -2.48. The van der Waals surface area contributed by atoms with E-state index in [2.05, 4.69) is 20.5 Å². The molecule has 2 aromatic rings. The van der Waals surface area contributed by atoms with Crippen molar-refractivity contribution in [1.29, 1.82) is 0 Å². The number of benzene rings is 1. The van der Waals surface area contributed by atoms with Crippen molar-refractivity contribution in [1.82, 2.24) is 15.2 Å². The summed E-state index contributed by atoms with van der Waals surface area (Å²) in [7, 11) is 0. The van der Waals surface area contributed by atoms with Crippen LogP contribution in [0, 0.1) is 0 Å². The highest BCUT2D eigenvalue weighted by Gasteiger charge is 2.34. The lowest BCUT2D eigenvalue weighted by molar-refractivity contribution is -0.137. The number of rotatable bonds is 5. The zero-order valence-corrected chi connectivity index (χ0v) is 13.7. The topological polar surface area (TPSA) is 70.7 Å². The van der Waals surface area contributed by atoms with Crippen LogP contribution in [0.2, 0.25) is 5.02 Å². The molecule has 10 heteroatoms. The third-order valence-corrected chi connectivity index (χ3v) is 4.42. The predicted molar refractivity (Wildman–Crippen MR) is 84.2 cm³/mol. The largest absolute Gasteiger partial charge is 0.418 e. The van der Waals surface area contributed by atoms with E-state index in [0.29, 0.717) is 11.1 Å². The van der Waals surface area contributed by atoms with Crippen LogP contribution in [0.4, 0.5) is 18.9 Å². The normalized spacial score (nSPS) is 14.7. The summed E-state index contributed by atoms with van der Waals surface area (Å²) in [5.41, 5.74) is -1.31. The lowest BCUT2D eigenvalue weighted by Crippen LogP contribution is -2.18. The lowest BCUT2D eigenvalue weighted by atomic mass is 10.1. The van der Waals surface area contributed by atoms with Crippen LogP contribution in [-0.4, -0.2) is 26.8 Å². The molecule has 3 rings (SSSR count). The molecule has 0 unspecified atom stereocenters. The molecule has 1 aromatic heterocycles. The second-order valence-electron chi connectivity index (χ2n) is 5.30. The molecule has 0 spiro atoms. The Morgan fingerprint density at radius 3 is 2.83 bits per heavy atom. The second-order valence-corrected chi connectivity index (χ2v) is 6.68. The molecule has 0 saturated heterocycles. The minimum atomic E-state index is -4.61. The zero-order chi connectivity index (χ0) is 17.3. The van der Waals surface area contributed by atoms with Gasteiger partial charge in [-0.1, -0.05) is 23.4 Å². The van der Waals surface area contributed by atoms with Crippen LogP contribution in [0.5, 0.6) is 0 Å². The Kier molecular flexibility index (Phi) is 4.73. The Labute approximate surface area is 144 Å². The lowest BCUT2D eigenvalue weighted by Gasteiger charge is -2.13. The highest BCUT2D eigenvalue weighted by molar-refractivity contribution is 7.99. The Morgan fingerprint density at radius 2 is 2.17 bits per heavy atom. The van der Waals surface area contributed by atoms with Crippen LogP contribution < -0.4 is 5.32 Å². The number of carbonyl (C=O) groups excluding carboxylic acids is 1. The van der Waals surface area contributed by atoms with Crippen molar-refractivity contribution in [3.05, 3.63) is 34.6 Å². The van der Waals surface area contributed by atoms with Gasteiger partial charge in [-0.25, -0.2) is 4.98 Å². The number of carbonyl (C=O) groups is 1. The molecule has 0 atom stereocenters. The average molecular weight is 377 g/mol. The molecule has 2 N–H and O–H groups in total. The fourth-order valence-corrected chi connectivity index (χ4v) is 2.82. The van der Waals surface area contributed by atoms with E-state index in [9.17, 15) is 18.0 Å². The summed E-state index contributed by atoms with van der Waals surface area (Å²) < 4.78 is 38.9. The first-order valence-corrected chi connectivity index (χ1v) is 8.41. The number of alkyl halides is 3. The number of halogens is 4. The van der Waals surface area contributed by atoms with E-state index < -0.39 is 17.6 Å². The molecule has 1 aromatic carbocycles. The van der Waals surface area contributed by atoms with Crippen LogP contribution in [0.15, 0.2) is 23.4 Å². The number of amides is 1. The number of nitrogens with one attached hydrogen (secondary N) is 2. The first-order valence-electron chi connectivity index (χ1n) is 7.04. The molecule has 1 fully saturated rings. The Morgan fingerprint density at radius 1 is 1.42 bits per heavy atom. The zero-order valence-electron chi connectivity index (χ0n) is 12.2. The van der Waals surface area contributed by atoms with Gasteiger partial charge in [-0.3, -0.25) is 9.89 Å². The van der Waals surface area contributed by atoms with Crippen molar-refractivity contribution >= 4 is 35.0 Å². The van der Waals surface area contributed by atoms with Gasteiger partial charge in [0.2, 0.25) is 11.1 Å². The molecule has 1 amide bonds. The van der Waals surface area contributed by atoms with Gasteiger partial charge in [-0.15, -0.1) is 5.10 Å². The van der Waals surface area contributed by atoms with E-state index in [-0.39, 0.29) is 16.5 Å². The van der Waals surface area contributed by atoms with Crippen LogP contribution >= 0.6 is 23.4 Å². The summed E-state index contributed by atoms with van der Waals surface area (Å²) in [5, 5.41) is 9.38. The van der Waals surface area contributed by atoms with Gasteiger partial charge in [0, 0.05) is 10.9 Å². The van der Waals surface area contributed by atoms with Crippen molar-refractivity contribution in [2.24, 2.45) is 0 Å². The Hall–Kier alpha value is -1.74. The van der Waals surface area contributed by atoms with Crippen LogP contribution in [0.1, 0.15) is 30.1 Å². The molecule has 0 radical (unpaired) electrons. The van der Waals surface area contributed by atoms with Gasteiger partial charge >= 0.3 is 6.18 Å². The SMILES string of the molecule is O=C(CSc1n[nH]c(C2CC2)n1)Nc1ccc(Cl)cc1C(F)(F)F. The molecule has 0 bridgehead atoms. The van der Waals surface area contributed by atoms with E-state index in [1.807, 2.05) is 0 Å². The third-order valence-electron chi connectivity index (χ3n) is 3.34. The molecule has 128 valence electrons. The number of hydrogen-bond acceptors (Lipinski definition) is 4. The van der Waals surface area contributed by atoms with Gasteiger partial charge in [0.25, 0.3) is 0 Å². The smallest absolute Gasteiger partial charge is 0.325 e. The highest BCUT2D eigenvalue weighted by atomic mass is 35.5. The first kappa shape index (κ1) is 17.1. The molecular weight excluding hydrogens is 365 g/mol. The highest BCUT2D eigenvalue weighted by Crippen LogP contribution is 2.38. The number of aromatic amines is 1. The summed E-state index contributed by atoms with van der Waals surface area (Å²) in [6.45, 7) is 0. The van der Waals surface area contributed by atoms with Gasteiger partial charge in [-0.05, 0) is 31.0 Å². The maximum atomic E-state index is 13.0. The second kappa shape index (κ2) is 6.64. The van der Waals surface area contributed by atoms with Crippen LogP contribution in [0.25, 0.3) is 0 Å². The standard InChI is InChI=1S/C14H12ClF3N4OS/c15-8-3-4-10(9(5-8)14(16,17)18)19-11(23)6-24-13-20-12(21-22-13)7-1-2-7/h3-5,7H,1-2,6H2,(H,19,23)(H,20,21,22). The maximum absolute atomic E-state index is 13.0. The first-order chi connectivity index (χ1) is 11.3. The minimum absolute atomic E-state index is 0.0528. The van der Waals surface area contributed by atoms with Crippen molar-refractivity contribution in [3.63, 3.8) is 0 Å². The third kappa shape index (κ3) is 4.21. The van der Waals surface area contributed by atoms with Gasteiger partial charge in [0.15, 0.2) is 0 Å². The van der Waals surface area contributed by atoms with Crippen LogP contribution in [0.3, 0.4) is 0 Å². The maximum Gasteiger partial charge on any atom is 0.418 e. The van der Waals surface area contributed by atoms with Crippen molar-refractivity contribution in [3.8, 4) is 0 Å². The Bertz CT molecular complexity index is 761. The molecule has 1 saturated carbocycles. The van der Waals surface area contributed by atoms with Crippen molar-refractivity contribution < 1.29 is 18.0 Å². The van der Waals surface area contributed by atoms with Crippen LogP contribution in [-0.2, 0) is 11.0 Å². The molecule has 0 aliphatic heterocycles. The van der Waals surface area contributed by atoms with E-state index in [1.165, 1.54) is 6.07 Å². The molecule has 24 heavy (non-hydrogen) atoms. The van der Waals surface area contributed by atoms with Gasteiger partial charge in [0.05, 0.1) is 17.0 Å². The summed E-state index contributed by atoms with van der Waals surface area (Å²) >= 11 is 6.65. The van der Waals surface area contributed by atoms with E-state index in [1.54, 1.807) is 0 Å². The summed E-state index contributed by atoms with van der Waals surface area (Å²) in [6, 6.07) is 3.20. The predicted octanol–water partition coefficient (Wildman–Crippen LogP) is 4.09. The Balaban J connectivity index is 1.62. The monoisotopic (exact) mass is 376 g/mol. The van der Waals surface area contributed by atoms with Crippen molar-refractivity contribution in [2.75, 3.05) is 11.1 Å². The number of nitrogens with zero attached hydrogens (tertiary/aromatic N) is 2. The van der Waals surface area contributed by atoms with E-state index >= 15 is 0 Å². The fourth-order valence-electron chi connectivity index (χ4n) is 2.04. The van der Waals surface area contributed by atoms with Gasteiger partial charge < -0.3 is 5.32 Å². The molecule has 5 nitrogen and oxygen atoms in total. The number of H-pyrrole nitrogens is 1. The molecule has 1 heterocycles. The van der Waals surface area contributed by atoms with Gasteiger partial charge in [0.1, 0.15) is 5.82 Å². The number of aromatic nitrogens is 3. The minimum Gasteiger partial charge on any atom is -0.325 e. The van der Waals surface area contributed by atoms with E-state index in [0.717, 1.165) is 42.6 Å². The molecule has 1 aliphatic carbocycles. The van der Waals surface area contributed by atoms with Gasteiger partial charge in [-0.2, -0.15) is 13.2 Å². The van der Waals surface area contributed by atoms with E-state index in [4.69, 9.17) is 11.6 Å². The number of thioether (sulfide) groups is 1.